The van der Waals surface area contributed by atoms with Crippen LogP contribution in [0.5, 0.6) is 0 Å². The van der Waals surface area contributed by atoms with E-state index < -0.39 is 0 Å². The van der Waals surface area contributed by atoms with Gasteiger partial charge in [0.1, 0.15) is 0 Å². The number of hydrogen-bond acceptors (Lipinski definition) is 2. The lowest BCUT2D eigenvalue weighted by Gasteiger charge is -2.31. The summed E-state index contributed by atoms with van der Waals surface area (Å²) in [4.78, 5) is 4.99. The Hall–Kier alpha value is -7.94. The number of benzene rings is 12. The molecule has 0 aliphatic rings. The van der Waals surface area contributed by atoms with E-state index in [4.69, 9.17) is 0 Å². The second-order valence-corrected chi connectivity index (χ2v) is 15.7. The summed E-state index contributed by atoms with van der Waals surface area (Å²) in [6, 6.07) is 84.6. The maximum absolute atomic E-state index is 2.51. The predicted molar refractivity (Wildman–Crippen MR) is 258 cm³/mol. The van der Waals surface area contributed by atoms with Crippen LogP contribution in [0.4, 0.5) is 34.1 Å². The van der Waals surface area contributed by atoms with Crippen molar-refractivity contribution in [3.8, 4) is 0 Å². The molecule has 12 aromatic rings. The summed E-state index contributed by atoms with van der Waals surface area (Å²) in [5, 5.41) is 16.9. The van der Waals surface area contributed by atoms with Gasteiger partial charge in [-0.3, -0.25) is 0 Å². The molecule has 280 valence electrons. The lowest BCUT2D eigenvalue weighted by Crippen LogP contribution is -2.13. The Morgan fingerprint density at radius 3 is 1.07 bits per heavy atom. The summed E-state index contributed by atoms with van der Waals surface area (Å²) in [5.74, 6) is 0. The number of nitrogens with zero attached hydrogens (tertiary/aromatic N) is 2. The van der Waals surface area contributed by atoms with Gasteiger partial charge in [0.05, 0.1) is 28.4 Å². The highest BCUT2D eigenvalue weighted by Gasteiger charge is 2.24. The van der Waals surface area contributed by atoms with Crippen LogP contribution < -0.4 is 9.80 Å². The highest BCUT2D eigenvalue weighted by molar-refractivity contribution is 6.27. The summed E-state index contributed by atoms with van der Waals surface area (Å²) >= 11 is 0. The van der Waals surface area contributed by atoms with Crippen molar-refractivity contribution in [3.05, 3.63) is 231 Å². The zero-order valence-electron chi connectivity index (χ0n) is 32.8. The van der Waals surface area contributed by atoms with E-state index in [-0.39, 0.29) is 0 Å². The maximum Gasteiger partial charge on any atom is 0.0546 e. The van der Waals surface area contributed by atoms with Gasteiger partial charge < -0.3 is 9.80 Å². The van der Waals surface area contributed by atoms with Crippen molar-refractivity contribution in [2.45, 2.75) is 0 Å². The first kappa shape index (κ1) is 34.1. The monoisotopic (exact) mass is 762 g/mol. The Kier molecular flexibility index (Phi) is 7.89. The number of anilines is 6. The third kappa shape index (κ3) is 5.42. The molecule has 0 fully saturated rings. The molecule has 2 heteroatoms. The SMILES string of the molecule is c1ccc2cc(N(c3cccc4ccccc34)c3cc4cc(N(c5cccc6ccccc56)c5cccc6ccccc56)c5ccccc5c4c4ccccc34)ccc2c1. The van der Waals surface area contributed by atoms with Crippen LogP contribution in [-0.4, -0.2) is 0 Å². The Bertz CT molecular complexity index is 3550. The second kappa shape index (κ2) is 13.9. The molecule has 0 aliphatic carbocycles. The van der Waals surface area contributed by atoms with Crippen LogP contribution in [0.25, 0.3) is 75.4 Å². The lowest BCUT2D eigenvalue weighted by atomic mass is 9.92. The quantitative estimate of drug-likeness (QED) is 0.156. The summed E-state index contributed by atoms with van der Waals surface area (Å²) in [6.45, 7) is 0. The normalized spacial score (nSPS) is 11.7. The topological polar surface area (TPSA) is 6.48 Å². The molecule has 60 heavy (non-hydrogen) atoms. The fraction of sp³-hybridized carbons (Fsp3) is 0. The van der Waals surface area contributed by atoms with Crippen molar-refractivity contribution in [1.29, 1.82) is 0 Å². The van der Waals surface area contributed by atoms with Crippen molar-refractivity contribution < 1.29 is 0 Å². The molecule has 0 spiro atoms. The highest BCUT2D eigenvalue weighted by Crippen LogP contribution is 2.50. The highest BCUT2D eigenvalue weighted by atomic mass is 15.2. The van der Waals surface area contributed by atoms with Crippen LogP contribution in [0.1, 0.15) is 0 Å². The minimum Gasteiger partial charge on any atom is -0.309 e. The smallest absolute Gasteiger partial charge is 0.0546 e. The third-order valence-corrected chi connectivity index (χ3v) is 12.3. The van der Waals surface area contributed by atoms with Crippen molar-refractivity contribution in [2.24, 2.45) is 0 Å². The van der Waals surface area contributed by atoms with Crippen LogP contribution >= 0.6 is 0 Å². The van der Waals surface area contributed by atoms with Gasteiger partial charge in [-0.25, -0.2) is 0 Å². The van der Waals surface area contributed by atoms with Crippen molar-refractivity contribution >= 4 is 110 Å². The number of hydrogen-bond donors (Lipinski definition) is 0. The molecule has 0 saturated heterocycles. The minimum absolute atomic E-state index is 1.11. The number of rotatable bonds is 6. The Labute approximate surface area is 348 Å². The molecule has 0 bridgehead atoms. The van der Waals surface area contributed by atoms with Gasteiger partial charge in [-0.1, -0.05) is 188 Å². The zero-order chi connectivity index (χ0) is 39.6. The van der Waals surface area contributed by atoms with Gasteiger partial charge in [0.25, 0.3) is 0 Å². The average molecular weight is 763 g/mol. The van der Waals surface area contributed by atoms with E-state index in [0.717, 1.165) is 34.1 Å². The molecule has 0 saturated carbocycles. The van der Waals surface area contributed by atoms with E-state index >= 15 is 0 Å². The van der Waals surface area contributed by atoms with E-state index in [9.17, 15) is 0 Å². The van der Waals surface area contributed by atoms with Crippen LogP contribution in [0.3, 0.4) is 0 Å². The van der Waals surface area contributed by atoms with E-state index in [1.54, 1.807) is 0 Å². The fourth-order valence-electron chi connectivity index (χ4n) is 9.63. The third-order valence-electron chi connectivity index (χ3n) is 12.3. The largest absolute Gasteiger partial charge is 0.309 e. The Morgan fingerprint density at radius 2 is 0.567 bits per heavy atom. The second-order valence-electron chi connectivity index (χ2n) is 15.7. The van der Waals surface area contributed by atoms with E-state index in [2.05, 4.69) is 240 Å². The van der Waals surface area contributed by atoms with E-state index in [1.165, 1.54) is 75.4 Å². The molecule has 0 aliphatic heterocycles. The van der Waals surface area contributed by atoms with E-state index in [0.29, 0.717) is 0 Å². The van der Waals surface area contributed by atoms with Gasteiger partial charge in [0.2, 0.25) is 0 Å². The summed E-state index contributed by atoms with van der Waals surface area (Å²) in [7, 11) is 0. The molecule has 0 atom stereocenters. The molecule has 0 unspecified atom stereocenters. The summed E-state index contributed by atoms with van der Waals surface area (Å²) in [5.41, 5.74) is 6.81. The van der Waals surface area contributed by atoms with E-state index in [1.807, 2.05) is 0 Å². The maximum atomic E-state index is 2.51. The number of fused-ring (bicyclic) bond motifs is 9. The van der Waals surface area contributed by atoms with Crippen LogP contribution in [0, 0.1) is 0 Å². The lowest BCUT2D eigenvalue weighted by molar-refractivity contribution is 1.32. The summed E-state index contributed by atoms with van der Waals surface area (Å²) < 4.78 is 0. The van der Waals surface area contributed by atoms with Gasteiger partial charge in [0, 0.05) is 32.6 Å². The molecule has 0 amide bonds. The van der Waals surface area contributed by atoms with Gasteiger partial charge in [-0.15, -0.1) is 0 Å². The van der Waals surface area contributed by atoms with Crippen molar-refractivity contribution in [1.82, 2.24) is 0 Å². The van der Waals surface area contributed by atoms with Gasteiger partial charge in [-0.05, 0) is 90.9 Å². The molecule has 0 radical (unpaired) electrons. The summed E-state index contributed by atoms with van der Waals surface area (Å²) in [6.07, 6.45) is 0. The molecular weight excluding hydrogens is 725 g/mol. The Morgan fingerprint density at radius 1 is 0.200 bits per heavy atom. The minimum atomic E-state index is 1.11. The molecule has 2 nitrogen and oxygen atoms in total. The zero-order valence-corrected chi connectivity index (χ0v) is 32.8. The van der Waals surface area contributed by atoms with Crippen LogP contribution in [-0.2, 0) is 0 Å². The molecule has 0 N–H and O–H groups in total. The van der Waals surface area contributed by atoms with Crippen molar-refractivity contribution in [3.63, 3.8) is 0 Å². The molecule has 0 aromatic heterocycles. The van der Waals surface area contributed by atoms with Crippen LogP contribution in [0.2, 0.25) is 0 Å². The average Bonchev–Trinajstić information content (AvgIpc) is 3.32. The predicted octanol–water partition coefficient (Wildman–Crippen LogP) is 16.7. The fourth-order valence-corrected chi connectivity index (χ4v) is 9.63. The van der Waals surface area contributed by atoms with Crippen molar-refractivity contribution in [2.75, 3.05) is 9.80 Å². The first-order valence-electron chi connectivity index (χ1n) is 20.7. The molecular formula is C58H38N2. The molecule has 0 heterocycles. The first-order chi connectivity index (χ1) is 29.8. The first-order valence-corrected chi connectivity index (χ1v) is 20.7. The van der Waals surface area contributed by atoms with Crippen LogP contribution in [0.15, 0.2) is 231 Å². The van der Waals surface area contributed by atoms with Gasteiger partial charge >= 0.3 is 0 Å². The molecule has 12 rings (SSSR count). The van der Waals surface area contributed by atoms with Gasteiger partial charge in [0.15, 0.2) is 0 Å². The standard InChI is InChI=1S/C58H38N2/c1-2-20-43-36-45(35-34-39(43)16-1)59(53-31-13-21-40-17-3-6-24-46(40)53)56-37-44-38-57(50-28-10-12-30-52(50)58(44)51-29-11-9-27-49(51)56)60(54-32-14-22-41-18-4-7-25-47(41)54)55-33-15-23-42-19-5-8-26-48(42)55/h1-38H. The van der Waals surface area contributed by atoms with Gasteiger partial charge in [-0.2, -0.15) is 0 Å². The molecule has 12 aromatic carbocycles. The Balaban J connectivity index is 1.22.